The van der Waals surface area contributed by atoms with E-state index in [1.54, 1.807) is 6.07 Å². The van der Waals surface area contributed by atoms with Gasteiger partial charge in [0.2, 0.25) is 11.4 Å². The minimum absolute atomic E-state index is 0.0758. The van der Waals surface area contributed by atoms with Gasteiger partial charge < -0.3 is 20.1 Å². The van der Waals surface area contributed by atoms with Crippen LogP contribution in [0.4, 0.5) is 11.8 Å². The fourth-order valence-electron chi connectivity index (χ4n) is 1.54. The molecule has 2 aromatic heterocycles. The van der Waals surface area contributed by atoms with E-state index in [0.717, 1.165) is 4.73 Å². The van der Waals surface area contributed by atoms with Crippen molar-refractivity contribution in [2.45, 2.75) is 13.8 Å². The Labute approximate surface area is 91.8 Å². The molecule has 7 heteroatoms. The molecule has 2 heterocycles. The average molecular weight is 226 g/mol. The van der Waals surface area contributed by atoms with Crippen molar-refractivity contribution in [3.63, 3.8) is 0 Å². The second-order valence-electron chi connectivity index (χ2n) is 3.29. The average Bonchev–Trinajstić information content (AvgIpc) is 2.70. The van der Waals surface area contributed by atoms with Gasteiger partial charge in [0.05, 0.1) is 6.54 Å². The number of nitrogens with one attached hydrogen (secondary N) is 2. The van der Waals surface area contributed by atoms with Gasteiger partial charge in [0, 0.05) is 12.6 Å². The molecule has 0 spiro atoms. The van der Waals surface area contributed by atoms with Crippen LogP contribution < -0.4 is 15.4 Å². The first kappa shape index (κ1) is 10.5. The molecule has 2 rings (SSSR count). The zero-order chi connectivity index (χ0) is 11.7. The van der Waals surface area contributed by atoms with Crippen molar-refractivity contribution in [3.05, 3.63) is 11.3 Å². The number of nitrogens with zero attached hydrogens (tertiary/aromatic N) is 2. The zero-order valence-electron chi connectivity index (χ0n) is 9.15. The first-order valence-electron chi connectivity index (χ1n) is 5.13. The Morgan fingerprint density at radius 3 is 2.69 bits per heavy atom. The summed E-state index contributed by atoms with van der Waals surface area (Å²) in [4.78, 5) is 0. The van der Waals surface area contributed by atoms with Crippen LogP contribution in [0, 0.1) is 5.21 Å². The maximum Gasteiger partial charge on any atom is 0.398 e. The molecule has 16 heavy (non-hydrogen) atoms. The summed E-state index contributed by atoms with van der Waals surface area (Å²) >= 11 is 0. The molecule has 7 nitrogen and oxygen atoms in total. The number of fused-ring (bicyclic) bond motifs is 1. The number of anilines is 2. The van der Waals surface area contributed by atoms with Crippen LogP contribution in [-0.2, 0) is 0 Å². The van der Waals surface area contributed by atoms with E-state index in [-0.39, 0.29) is 11.7 Å². The molecule has 0 saturated carbocycles. The Kier molecular flexibility index (Phi) is 2.51. The van der Waals surface area contributed by atoms with Crippen molar-refractivity contribution in [1.29, 1.82) is 0 Å². The van der Waals surface area contributed by atoms with Gasteiger partial charge in [-0.3, -0.25) is 5.32 Å². The quantitative estimate of drug-likeness (QED) is 0.410. The lowest BCUT2D eigenvalue weighted by Crippen LogP contribution is -2.30. The third-order valence-electron chi connectivity index (χ3n) is 2.19. The van der Waals surface area contributed by atoms with Gasteiger partial charge in [-0.15, -0.1) is 0 Å². The smallest absolute Gasteiger partial charge is 0.398 e. The van der Waals surface area contributed by atoms with Gasteiger partial charge in [0.1, 0.15) is 0 Å². The van der Waals surface area contributed by atoms with Crippen LogP contribution in [0.15, 0.2) is 10.5 Å². The molecule has 0 unspecified atom stereocenters. The largest absolute Gasteiger partial charge is 0.737 e. The lowest BCUT2D eigenvalue weighted by molar-refractivity contribution is -0.570. The van der Waals surface area contributed by atoms with Gasteiger partial charge in [0.15, 0.2) is 0 Å². The zero-order valence-corrected chi connectivity index (χ0v) is 9.15. The number of hydrogen-bond donors (Lipinski definition) is 3. The molecule has 0 aromatic carbocycles. The van der Waals surface area contributed by atoms with Gasteiger partial charge in [-0.05, 0) is 13.8 Å². The van der Waals surface area contributed by atoms with Gasteiger partial charge in [-0.25, -0.2) is 4.73 Å². The molecule has 0 saturated heterocycles. The van der Waals surface area contributed by atoms with E-state index in [1.807, 2.05) is 13.8 Å². The molecular weight excluding hydrogens is 212 g/mol. The molecule has 0 bridgehead atoms. The molecular formula is C9H14N4O3. The van der Waals surface area contributed by atoms with Gasteiger partial charge in [0.25, 0.3) is 0 Å². The van der Waals surface area contributed by atoms with Crippen LogP contribution in [0.1, 0.15) is 13.8 Å². The second kappa shape index (κ2) is 3.84. The summed E-state index contributed by atoms with van der Waals surface area (Å²) in [6.45, 7) is 4.96. The Hall–Kier alpha value is -2.05. The van der Waals surface area contributed by atoms with Crippen LogP contribution in [0.2, 0.25) is 0 Å². The van der Waals surface area contributed by atoms with Crippen molar-refractivity contribution in [2.75, 3.05) is 23.7 Å². The van der Waals surface area contributed by atoms with Crippen LogP contribution in [0.3, 0.4) is 0 Å². The van der Waals surface area contributed by atoms with E-state index in [1.165, 1.54) is 0 Å². The van der Waals surface area contributed by atoms with Crippen molar-refractivity contribution >= 4 is 23.1 Å². The van der Waals surface area contributed by atoms with E-state index in [9.17, 15) is 10.4 Å². The molecule has 88 valence electrons. The number of oxazole rings is 1. The lowest BCUT2D eigenvalue weighted by atomic mass is 10.5. The Bertz CT molecular complexity index is 461. The molecule has 0 atom stereocenters. The highest BCUT2D eigenvalue weighted by molar-refractivity contribution is 5.74. The summed E-state index contributed by atoms with van der Waals surface area (Å²) < 4.78 is 6.58. The first-order valence-corrected chi connectivity index (χ1v) is 5.13. The summed E-state index contributed by atoms with van der Waals surface area (Å²) in [5.41, 5.74) is 0.413. The summed E-state index contributed by atoms with van der Waals surface area (Å²) in [6.07, 6.45) is 0. The monoisotopic (exact) mass is 226 g/mol. The molecule has 0 aliphatic rings. The minimum atomic E-state index is 0.0758. The summed E-state index contributed by atoms with van der Waals surface area (Å²) in [5, 5.41) is 27.1. The van der Waals surface area contributed by atoms with Crippen molar-refractivity contribution in [1.82, 2.24) is 4.73 Å². The van der Waals surface area contributed by atoms with Crippen molar-refractivity contribution in [2.24, 2.45) is 0 Å². The summed E-state index contributed by atoms with van der Waals surface area (Å²) in [5.74, 6) is 0.434. The van der Waals surface area contributed by atoms with Crippen LogP contribution in [0.5, 0.6) is 0 Å². The summed E-state index contributed by atoms with van der Waals surface area (Å²) in [7, 11) is 0. The molecule has 3 N–H and O–H groups in total. The highest BCUT2D eigenvalue weighted by Crippen LogP contribution is 2.23. The Morgan fingerprint density at radius 1 is 1.44 bits per heavy atom. The fraction of sp³-hybridized carbons (Fsp3) is 0.444. The van der Waals surface area contributed by atoms with Crippen LogP contribution in [0.25, 0.3) is 11.2 Å². The first-order chi connectivity index (χ1) is 7.69. The SMILES string of the molecule is CCNc1cc2oc(NCC)[n+]([O-])c2n1O. The lowest BCUT2D eigenvalue weighted by Gasteiger charge is -2.04. The molecule has 2 aromatic rings. The third kappa shape index (κ3) is 1.40. The summed E-state index contributed by atoms with van der Waals surface area (Å²) in [6, 6.07) is 1.66. The van der Waals surface area contributed by atoms with Gasteiger partial charge in [-0.2, -0.15) is 0 Å². The normalized spacial score (nSPS) is 10.9. The van der Waals surface area contributed by atoms with E-state index < -0.39 is 0 Å². The maximum atomic E-state index is 11.7. The van der Waals surface area contributed by atoms with Gasteiger partial charge in [-0.1, -0.05) is 4.73 Å². The van der Waals surface area contributed by atoms with E-state index >= 15 is 0 Å². The number of hydrogen-bond acceptors (Lipinski definition) is 5. The standard InChI is InChI=1S/C9H14N4O3/c1-3-10-7-5-6-8(12(7)14)13(15)9(16-6)11-4-2/h5,10-11,14H,3-4H2,1-2H3. The molecule has 0 fully saturated rings. The molecule has 0 radical (unpaired) electrons. The molecule has 0 aliphatic heterocycles. The van der Waals surface area contributed by atoms with Crippen LogP contribution >= 0.6 is 0 Å². The predicted octanol–water partition coefficient (Wildman–Crippen LogP) is 0.969. The fourth-order valence-corrected chi connectivity index (χ4v) is 1.54. The number of rotatable bonds is 4. The molecule has 0 aliphatic carbocycles. The minimum Gasteiger partial charge on any atom is -0.737 e. The highest BCUT2D eigenvalue weighted by Gasteiger charge is 2.22. The van der Waals surface area contributed by atoms with Gasteiger partial charge >= 0.3 is 11.7 Å². The third-order valence-corrected chi connectivity index (χ3v) is 2.19. The predicted molar refractivity (Wildman–Crippen MR) is 58.7 cm³/mol. The Morgan fingerprint density at radius 2 is 2.12 bits per heavy atom. The van der Waals surface area contributed by atoms with E-state index in [0.29, 0.717) is 29.2 Å². The molecule has 0 amide bonds. The van der Waals surface area contributed by atoms with Crippen molar-refractivity contribution < 1.29 is 14.4 Å². The van der Waals surface area contributed by atoms with E-state index in [4.69, 9.17) is 4.42 Å². The van der Waals surface area contributed by atoms with E-state index in [2.05, 4.69) is 10.6 Å². The highest BCUT2D eigenvalue weighted by atomic mass is 16.5. The van der Waals surface area contributed by atoms with Crippen LogP contribution in [-0.4, -0.2) is 23.0 Å². The Balaban J connectivity index is 2.51. The maximum absolute atomic E-state index is 11.7. The number of aromatic nitrogens is 2. The topological polar surface area (TPSA) is 89.3 Å². The second-order valence-corrected chi connectivity index (χ2v) is 3.29. The van der Waals surface area contributed by atoms with Crippen molar-refractivity contribution in [3.8, 4) is 0 Å².